The molecule has 126 valence electrons. The third kappa shape index (κ3) is 5.79. The van der Waals surface area contributed by atoms with Crippen LogP contribution in [0.15, 0.2) is 35.3 Å². The summed E-state index contributed by atoms with van der Waals surface area (Å²) in [5.74, 6) is 0.229. The molecule has 0 spiro atoms. The van der Waals surface area contributed by atoms with E-state index in [2.05, 4.69) is 23.7 Å². The number of ether oxygens (including phenoxy) is 1. The van der Waals surface area contributed by atoms with Gasteiger partial charge in [0, 0.05) is 6.54 Å². The summed E-state index contributed by atoms with van der Waals surface area (Å²) in [4.78, 5) is 18.7. The third-order valence-corrected chi connectivity index (χ3v) is 4.44. The average Bonchev–Trinajstić information content (AvgIpc) is 2.60. The SMILES string of the molecule is CCC(C)/C(=N/C(=O)OCCN1CCCCC1)c1ccccc1. The van der Waals surface area contributed by atoms with Gasteiger partial charge in [-0.15, -0.1) is 0 Å². The molecule has 0 N–H and O–H groups in total. The number of carbonyl (C=O) groups excluding carboxylic acids is 1. The summed E-state index contributed by atoms with van der Waals surface area (Å²) in [6.45, 7) is 7.65. The number of aliphatic imine (C=N–C) groups is 1. The Kier molecular flexibility index (Phi) is 7.27. The first-order valence-electron chi connectivity index (χ1n) is 8.73. The highest BCUT2D eigenvalue weighted by Crippen LogP contribution is 2.14. The Bertz CT molecular complexity index is 507. The van der Waals surface area contributed by atoms with Crippen molar-refractivity contribution < 1.29 is 9.53 Å². The Labute approximate surface area is 139 Å². The first-order valence-corrected chi connectivity index (χ1v) is 8.73. The number of piperidine rings is 1. The van der Waals surface area contributed by atoms with Crippen LogP contribution in [-0.4, -0.2) is 42.9 Å². The molecule has 0 saturated carbocycles. The van der Waals surface area contributed by atoms with Gasteiger partial charge in [-0.2, -0.15) is 4.99 Å². The van der Waals surface area contributed by atoms with Crippen LogP contribution in [0.5, 0.6) is 0 Å². The number of benzene rings is 1. The van der Waals surface area contributed by atoms with E-state index in [0.717, 1.165) is 37.3 Å². The monoisotopic (exact) mass is 316 g/mol. The fourth-order valence-corrected chi connectivity index (χ4v) is 2.84. The van der Waals surface area contributed by atoms with E-state index >= 15 is 0 Å². The molecule has 1 atom stereocenters. The second kappa shape index (κ2) is 9.46. The van der Waals surface area contributed by atoms with Crippen molar-refractivity contribution in [1.82, 2.24) is 4.90 Å². The number of amides is 1. The molecule has 0 aliphatic carbocycles. The van der Waals surface area contributed by atoms with Gasteiger partial charge in [0.25, 0.3) is 0 Å². The van der Waals surface area contributed by atoms with E-state index in [1.165, 1.54) is 19.3 Å². The average molecular weight is 316 g/mol. The smallest absolute Gasteiger partial charge is 0.433 e. The first kappa shape index (κ1) is 17.7. The zero-order valence-electron chi connectivity index (χ0n) is 14.3. The van der Waals surface area contributed by atoms with Crippen LogP contribution in [0.4, 0.5) is 4.79 Å². The lowest BCUT2D eigenvalue weighted by atomic mass is 9.96. The topological polar surface area (TPSA) is 41.9 Å². The van der Waals surface area contributed by atoms with Gasteiger partial charge in [-0.25, -0.2) is 4.79 Å². The van der Waals surface area contributed by atoms with Crippen molar-refractivity contribution in [3.05, 3.63) is 35.9 Å². The summed E-state index contributed by atoms with van der Waals surface area (Å²) in [6.07, 6.45) is 4.28. The summed E-state index contributed by atoms with van der Waals surface area (Å²) in [6, 6.07) is 9.89. The number of rotatable bonds is 6. The van der Waals surface area contributed by atoms with Crippen LogP contribution in [-0.2, 0) is 4.74 Å². The van der Waals surface area contributed by atoms with E-state index in [4.69, 9.17) is 4.74 Å². The fraction of sp³-hybridized carbons (Fsp3) is 0.579. The lowest BCUT2D eigenvalue weighted by Crippen LogP contribution is -2.33. The second-order valence-electron chi connectivity index (χ2n) is 6.19. The molecule has 0 radical (unpaired) electrons. The lowest BCUT2D eigenvalue weighted by molar-refractivity contribution is 0.128. The molecule has 0 aromatic heterocycles. The molecule has 1 unspecified atom stereocenters. The second-order valence-corrected chi connectivity index (χ2v) is 6.19. The molecule has 1 aromatic carbocycles. The Balaban J connectivity index is 1.91. The van der Waals surface area contributed by atoms with Gasteiger partial charge in [0.1, 0.15) is 6.61 Å². The Morgan fingerprint density at radius 2 is 1.91 bits per heavy atom. The van der Waals surface area contributed by atoms with Crippen LogP contribution in [0.25, 0.3) is 0 Å². The van der Waals surface area contributed by atoms with E-state index in [1.54, 1.807) is 0 Å². The number of nitrogens with zero attached hydrogens (tertiary/aromatic N) is 2. The van der Waals surface area contributed by atoms with Crippen molar-refractivity contribution in [2.24, 2.45) is 10.9 Å². The van der Waals surface area contributed by atoms with E-state index in [1.807, 2.05) is 30.3 Å². The molecular weight excluding hydrogens is 288 g/mol. The Morgan fingerprint density at radius 3 is 2.57 bits per heavy atom. The molecule has 1 aromatic rings. The van der Waals surface area contributed by atoms with Crippen LogP contribution in [0.2, 0.25) is 0 Å². The van der Waals surface area contributed by atoms with Crippen LogP contribution in [0, 0.1) is 5.92 Å². The van der Waals surface area contributed by atoms with Crippen molar-refractivity contribution >= 4 is 11.8 Å². The maximum atomic E-state index is 12.1. The maximum absolute atomic E-state index is 12.1. The molecule has 1 aliphatic heterocycles. The van der Waals surface area contributed by atoms with Gasteiger partial charge in [-0.3, -0.25) is 4.90 Å². The van der Waals surface area contributed by atoms with Crippen LogP contribution < -0.4 is 0 Å². The fourth-order valence-electron chi connectivity index (χ4n) is 2.84. The zero-order chi connectivity index (χ0) is 16.5. The van der Waals surface area contributed by atoms with Gasteiger partial charge in [0.15, 0.2) is 0 Å². The van der Waals surface area contributed by atoms with Crippen LogP contribution in [0.1, 0.15) is 45.1 Å². The number of hydrogen-bond acceptors (Lipinski definition) is 3. The van der Waals surface area contributed by atoms with Crippen molar-refractivity contribution in [2.75, 3.05) is 26.2 Å². The highest BCUT2D eigenvalue weighted by atomic mass is 16.5. The molecule has 1 heterocycles. The van der Waals surface area contributed by atoms with Crippen molar-refractivity contribution in [1.29, 1.82) is 0 Å². The largest absolute Gasteiger partial charge is 0.447 e. The van der Waals surface area contributed by atoms with Gasteiger partial charge < -0.3 is 4.74 Å². The van der Waals surface area contributed by atoms with Gasteiger partial charge >= 0.3 is 6.09 Å². The third-order valence-electron chi connectivity index (χ3n) is 4.44. The summed E-state index contributed by atoms with van der Waals surface area (Å²) in [5, 5.41) is 0. The van der Waals surface area contributed by atoms with Gasteiger partial charge in [-0.05, 0) is 43.8 Å². The highest BCUT2D eigenvalue weighted by molar-refractivity contribution is 6.06. The van der Waals surface area contributed by atoms with E-state index in [-0.39, 0.29) is 5.92 Å². The van der Waals surface area contributed by atoms with E-state index in [0.29, 0.717) is 6.61 Å². The summed E-state index contributed by atoms with van der Waals surface area (Å²) < 4.78 is 5.32. The van der Waals surface area contributed by atoms with Crippen molar-refractivity contribution in [2.45, 2.75) is 39.5 Å². The maximum Gasteiger partial charge on any atom is 0.433 e. The quantitative estimate of drug-likeness (QED) is 0.741. The predicted octanol–water partition coefficient (Wildman–Crippen LogP) is 4.14. The van der Waals surface area contributed by atoms with Crippen molar-refractivity contribution in [3.8, 4) is 0 Å². The molecule has 1 aliphatic rings. The molecule has 1 amide bonds. The zero-order valence-corrected chi connectivity index (χ0v) is 14.3. The first-order chi connectivity index (χ1) is 11.2. The van der Waals surface area contributed by atoms with Crippen LogP contribution in [0.3, 0.4) is 0 Å². The van der Waals surface area contributed by atoms with E-state index < -0.39 is 6.09 Å². The summed E-state index contributed by atoms with van der Waals surface area (Å²) >= 11 is 0. The minimum Gasteiger partial charge on any atom is -0.447 e. The lowest BCUT2D eigenvalue weighted by Gasteiger charge is -2.25. The van der Waals surface area contributed by atoms with Crippen LogP contribution >= 0.6 is 0 Å². The molecule has 4 heteroatoms. The minimum absolute atomic E-state index is 0.229. The molecule has 0 bridgehead atoms. The molecule has 1 saturated heterocycles. The minimum atomic E-state index is -0.471. The predicted molar refractivity (Wildman–Crippen MR) is 94.1 cm³/mol. The molecule has 2 rings (SSSR count). The standard InChI is InChI=1S/C19H28N2O2/c1-3-16(2)18(17-10-6-4-7-11-17)20-19(22)23-15-14-21-12-8-5-9-13-21/h4,6-7,10-11,16H,3,5,8-9,12-15H2,1-2H3/b20-18-. The Hall–Kier alpha value is -1.68. The normalized spacial score (nSPS) is 17.7. The molecule has 23 heavy (non-hydrogen) atoms. The van der Waals surface area contributed by atoms with E-state index in [9.17, 15) is 4.79 Å². The van der Waals surface area contributed by atoms with Gasteiger partial charge in [-0.1, -0.05) is 50.6 Å². The molecular formula is C19H28N2O2. The number of likely N-dealkylation sites (tertiary alicyclic amines) is 1. The molecule has 1 fully saturated rings. The molecule has 4 nitrogen and oxygen atoms in total. The van der Waals surface area contributed by atoms with Gasteiger partial charge in [0.05, 0.1) is 5.71 Å². The van der Waals surface area contributed by atoms with Gasteiger partial charge in [0.2, 0.25) is 0 Å². The van der Waals surface area contributed by atoms with Crippen molar-refractivity contribution in [3.63, 3.8) is 0 Å². The Morgan fingerprint density at radius 1 is 1.22 bits per heavy atom. The number of carbonyl (C=O) groups is 1. The summed E-state index contributed by atoms with van der Waals surface area (Å²) in [7, 11) is 0. The summed E-state index contributed by atoms with van der Waals surface area (Å²) in [5.41, 5.74) is 1.81. The highest BCUT2D eigenvalue weighted by Gasteiger charge is 2.15. The number of hydrogen-bond donors (Lipinski definition) is 0.